The van der Waals surface area contributed by atoms with Crippen molar-refractivity contribution in [1.29, 1.82) is 0 Å². The smallest absolute Gasteiger partial charge is 0.352 e. The Morgan fingerprint density at radius 3 is 1.94 bits per heavy atom. The minimum atomic E-state index is -0.482. The van der Waals surface area contributed by atoms with Gasteiger partial charge in [-0.05, 0) is 12.1 Å². The predicted octanol–water partition coefficient (Wildman–Crippen LogP) is 0.424. The van der Waals surface area contributed by atoms with Crippen molar-refractivity contribution in [3.63, 3.8) is 0 Å². The highest BCUT2D eigenvalue weighted by molar-refractivity contribution is 6.03. The van der Waals surface area contributed by atoms with Crippen LogP contribution in [0.4, 0.5) is 0 Å². The summed E-state index contributed by atoms with van der Waals surface area (Å²) in [6.45, 7) is 0. The van der Waals surface area contributed by atoms with E-state index in [0.717, 1.165) is 10.8 Å². The number of aromatic nitrogens is 3. The first-order valence-electron chi connectivity index (χ1n) is 4.74. The lowest BCUT2D eigenvalue weighted by molar-refractivity contribution is 0.661. The summed E-state index contributed by atoms with van der Waals surface area (Å²) in [5, 5.41) is 1.66. The molecule has 0 aliphatic rings. The summed E-state index contributed by atoms with van der Waals surface area (Å²) in [6, 6.07) is 7.42. The first kappa shape index (κ1) is 7.75. The number of H-pyrrole nitrogens is 1. The van der Waals surface area contributed by atoms with Gasteiger partial charge in [-0.25, -0.2) is 9.59 Å². The molecular formula is C10H5N3O3. The SMILES string of the molecule is O=c1[nH]c(=O)n2c3oc(c4ccccc43)n12. The van der Waals surface area contributed by atoms with E-state index in [1.54, 1.807) is 0 Å². The molecule has 0 spiro atoms. The number of hydrogen-bond donors (Lipinski definition) is 1. The Labute approximate surface area is 86.6 Å². The van der Waals surface area contributed by atoms with Crippen molar-refractivity contribution in [1.82, 2.24) is 14.0 Å². The van der Waals surface area contributed by atoms with Gasteiger partial charge in [-0.15, -0.1) is 0 Å². The molecule has 78 valence electrons. The average Bonchev–Trinajstić information content (AvgIpc) is 2.91. The van der Waals surface area contributed by atoms with Gasteiger partial charge in [-0.1, -0.05) is 12.1 Å². The van der Waals surface area contributed by atoms with Crippen molar-refractivity contribution in [3.8, 4) is 0 Å². The molecule has 0 aliphatic heterocycles. The van der Waals surface area contributed by atoms with Gasteiger partial charge < -0.3 is 4.42 Å². The van der Waals surface area contributed by atoms with Crippen molar-refractivity contribution >= 4 is 22.2 Å². The summed E-state index contributed by atoms with van der Waals surface area (Å²) in [5.74, 6) is 0. The van der Waals surface area contributed by atoms with E-state index in [1.165, 1.54) is 9.03 Å². The molecule has 4 aromatic rings. The van der Waals surface area contributed by atoms with Gasteiger partial charge in [0.05, 0.1) is 10.8 Å². The lowest BCUT2D eigenvalue weighted by atomic mass is 10.2. The summed E-state index contributed by atoms with van der Waals surface area (Å²) in [6.07, 6.45) is 0. The Bertz CT molecular complexity index is 864. The van der Waals surface area contributed by atoms with Gasteiger partial charge in [0.25, 0.3) is 0 Å². The zero-order chi connectivity index (χ0) is 10.9. The van der Waals surface area contributed by atoms with Gasteiger partial charge in [0.15, 0.2) is 0 Å². The van der Waals surface area contributed by atoms with Gasteiger partial charge in [0.2, 0.25) is 11.4 Å². The summed E-state index contributed by atoms with van der Waals surface area (Å²) in [5.41, 5.74) is -0.170. The van der Waals surface area contributed by atoms with Gasteiger partial charge in [-0.2, -0.15) is 9.03 Å². The fourth-order valence-electron chi connectivity index (χ4n) is 2.12. The van der Waals surface area contributed by atoms with Crippen molar-refractivity contribution in [2.45, 2.75) is 0 Å². The van der Waals surface area contributed by atoms with Crippen LogP contribution in [0, 0.1) is 0 Å². The number of hydrogen-bond acceptors (Lipinski definition) is 3. The molecule has 3 heterocycles. The average molecular weight is 215 g/mol. The van der Waals surface area contributed by atoms with Crippen LogP contribution in [-0.2, 0) is 0 Å². The quantitative estimate of drug-likeness (QED) is 0.462. The third kappa shape index (κ3) is 0.640. The molecule has 3 aromatic heterocycles. The molecule has 0 radical (unpaired) electrons. The number of furan rings is 1. The zero-order valence-corrected chi connectivity index (χ0v) is 7.93. The minimum Gasteiger partial charge on any atom is -0.419 e. The molecule has 0 atom stereocenters. The maximum atomic E-state index is 11.5. The Morgan fingerprint density at radius 1 is 0.938 bits per heavy atom. The Hall–Kier alpha value is -2.50. The maximum absolute atomic E-state index is 11.5. The molecule has 2 bridgehead atoms. The molecule has 0 fully saturated rings. The van der Waals surface area contributed by atoms with Crippen molar-refractivity contribution in [2.24, 2.45) is 0 Å². The van der Waals surface area contributed by atoms with Crippen LogP contribution < -0.4 is 11.4 Å². The van der Waals surface area contributed by atoms with Gasteiger partial charge >= 0.3 is 11.4 Å². The Morgan fingerprint density at radius 2 is 1.44 bits per heavy atom. The van der Waals surface area contributed by atoms with Crippen LogP contribution in [0.25, 0.3) is 22.2 Å². The number of benzene rings is 1. The Kier molecular flexibility index (Phi) is 1.06. The second-order valence-corrected chi connectivity index (χ2v) is 3.62. The van der Waals surface area contributed by atoms with Gasteiger partial charge in [0.1, 0.15) is 0 Å². The number of nitrogens with one attached hydrogen (secondary N) is 1. The van der Waals surface area contributed by atoms with Gasteiger partial charge in [0, 0.05) is 0 Å². The second-order valence-electron chi connectivity index (χ2n) is 3.62. The van der Waals surface area contributed by atoms with Crippen molar-refractivity contribution < 1.29 is 4.42 Å². The monoisotopic (exact) mass is 215 g/mol. The lowest BCUT2D eigenvalue weighted by Crippen LogP contribution is -2.11. The number of nitrogens with zero attached hydrogens (tertiary/aromatic N) is 2. The number of aromatic amines is 1. The molecule has 0 amide bonds. The van der Waals surface area contributed by atoms with E-state index < -0.39 is 11.4 Å². The van der Waals surface area contributed by atoms with Crippen molar-refractivity contribution in [2.75, 3.05) is 0 Å². The molecule has 4 rings (SSSR count). The summed E-state index contributed by atoms with van der Waals surface area (Å²) in [4.78, 5) is 25.2. The van der Waals surface area contributed by atoms with Crippen LogP contribution >= 0.6 is 0 Å². The molecule has 0 unspecified atom stereocenters. The van der Waals surface area contributed by atoms with Crippen LogP contribution in [0.5, 0.6) is 0 Å². The van der Waals surface area contributed by atoms with E-state index in [4.69, 9.17) is 4.42 Å². The predicted molar refractivity (Wildman–Crippen MR) is 56.2 cm³/mol. The molecule has 1 aromatic carbocycles. The van der Waals surface area contributed by atoms with Crippen LogP contribution in [0.2, 0.25) is 0 Å². The molecule has 0 aliphatic carbocycles. The topological polar surface area (TPSA) is 71.9 Å². The van der Waals surface area contributed by atoms with Crippen LogP contribution in [-0.4, -0.2) is 14.0 Å². The normalized spacial score (nSPS) is 12.2. The molecule has 6 nitrogen and oxygen atoms in total. The molecule has 16 heavy (non-hydrogen) atoms. The van der Waals surface area contributed by atoms with E-state index in [1.807, 2.05) is 24.3 Å². The molecular weight excluding hydrogens is 210 g/mol. The summed E-state index contributed by atoms with van der Waals surface area (Å²) >= 11 is 0. The fraction of sp³-hybridized carbons (Fsp3) is 0. The molecule has 0 saturated carbocycles. The largest absolute Gasteiger partial charge is 0.419 e. The van der Waals surface area contributed by atoms with Gasteiger partial charge in [-0.3, -0.25) is 4.98 Å². The third-order valence-corrected chi connectivity index (χ3v) is 2.76. The first-order chi connectivity index (χ1) is 7.77. The molecule has 6 heteroatoms. The number of fused-ring (bicyclic) bond motifs is 8. The summed E-state index contributed by atoms with van der Waals surface area (Å²) < 4.78 is 7.87. The van der Waals surface area contributed by atoms with E-state index >= 15 is 0 Å². The van der Waals surface area contributed by atoms with Crippen LogP contribution in [0.15, 0.2) is 38.3 Å². The lowest BCUT2D eigenvalue weighted by Gasteiger charge is -1.92. The van der Waals surface area contributed by atoms with Crippen LogP contribution in [0.3, 0.4) is 0 Å². The Balaban J connectivity index is 2.56. The van der Waals surface area contributed by atoms with E-state index in [-0.39, 0.29) is 0 Å². The molecule has 1 N–H and O–H groups in total. The maximum Gasteiger partial charge on any atom is 0.352 e. The molecule has 0 saturated heterocycles. The zero-order valence-electron chi connectivity index (χ0n) is 7.93. The third-order valence-electron chi connectivity index (χ3n) is 2.76. The highest BCUT2D eigenvalue weighted by atomic mass is 16.4. The first-order valence-corrected chi connectivity index (χ1v) is 4.74. The van der Waals surface area contributed by atoms with E-state index in [9.17, 15) is 9.59 Å². The van der Waals surface area contributed by atoms with E-state index in [2.05, 4.69) is 4.98 Å². The summed E-state index contributed by atoms with van der Waals surface area (Å²) in [7, 11) is 0. The van der Waals surface area contributed by atoms with Crippen LogP contribution in [0.1, 0.15) is 0 Å². The minimum absolute atomic E-state index is 0.397. The second kappa shape index (κ2) is 2.19. The highest BCUT2D eigenvalue weighted by Crippen LogP contribution is 2.28. The number of rotatable bonds is 0. The van der Waals surface area contributed by atoms with Crippen molar-refractivity contribution in [3.05, 3.63) is 45.2 Å². The fourth-order valence-corrected chi connectivity index (χ4v) is 2.12. The van der Waals surface area contributed by atoms with E-state index in [0.29, 0.717) is 11.4 Å². The highest BCUT2D eigenvalue weighted by Gasteiger charge is 2.20. The standard InChI is InChI=1S/C10H5N3O3/c14-9-11-10(15)13-8-6-4-2-1-3-5(6)7(16-8)12(9)13/h1-4H,(H,11,14,15).